The van der Waals surface area contributed by atoms with Gasteiger partial charge in [0.15, 0.2) is 0 Å². The number of fused-ring (bicyclic) bond motifs is 1. The highest BCUT2D eigenvalue weighted by molar-refractivity contribution is 7.71. The van der Waals surface area contributed by atoms with Gasteiger partial charge in [-0.3, -0.25) is 4.79 Å². The number of anilines is 1. The molecule has 0 spiro atoms. The molecule has 2 aromatic rings. The van der Waals surface area contributed by atoms with Gasteiger partial charge in [0, 0.05) is 31.3 Å². The first kappa shape index (κ1) is 18.3. The molecule has 0 saturated heterocycles. The van der Waals surface area contributed by atoms with E-state index in [1.165, 1.54) is 0 Å². The fourth-order valence-corrected chi connectivity index (χ4v) is 3.69. The summed E-state index contributed by atoms with van der Waals surface area (Å²) in [7, 11) is 1.81. The zero-order valence-corrected chi connectivity index (χ0v) is 16.3. The Balaban J connectivity index is 1.78. The first-order valence-corrected chi connectivity index (χ1v) is 9.51. The second-order valence-electron chi connectivity index (χ2n) is 6.65. The fourth-order valence-electron chi connectivity index (χ4n) is 3.37. The Morgan fingerprint density at radius 1 is 1.25 bits per heavy atom. The number of benzene rings is 1. The minimum Gasteiger partial charge on any atom is -0.317 e. The molecule has 1 aliphatic heterocycles. The monoisotopic (exact) mass is 391 g/mol. The van der Waals surface area contributed by atoms with Gasteiger partial charge in [-0.1, -0.05) is 66.9 Å². The molecule has 6 nitrogen and oxygen atoms in total. The highest BCUT2D eigenvalue weighted by Crippen LogP contribution is 2.27. The molecule has 0 fully saturated rings. The number of nitrogens with zero attached hydrogens (tertiary/aromatic N) is 3. The van der Waals surface area contributed by atoms with Crippen molar-refractivity contribution in [2.24, 2.45) is 0 Å². The SMILES string of the molecule is CN(C(=O)C(c1ccccc1)n1cnc2c(c1=S)CNN2)C1=CC=CC=CC1. The van der Waals surface area contributed by atoms with Gasteiger partial charge in [-0.15, -0.1) is 0 Å². The lowest BCUT2D eigenvalue weighted by molar-refractivity contribution is -0.130. The number of rotatable bonds is 4. The van der Waals surface area contributed by atoms with E-state index in [9.17, 15) is 4.79 Å². The third-order valence-electron chi connectivity index (χ3n) is 4.92. The molecule has 0 radical (unpaired) electrons. The van der Waals surface area contributed by atoms with Crippen molar-refractivity contribution in [1.29, 1.82) is 0 Å². The number of nitrogens with one attached hydrogen (secondary N) is 2. The number of carbonyl (C=O) groups excluding carboxylic acids is 1. The van der Waals surface area contributed by atoms with E-state index in [0.717, 1.165) is 22.6 Å². The van der Waals surface area contributed by atoms with E-state index in [2.05, 4.69) is 15.8 Å². The van der Waals surface area contributed by atoms with E-state index in [4.69, 9.17) is 12.2 Å². The zero-order chi connectivity index (χ0) is 19.5. The van der Waals surface area contributed by atoms with Crippen LogP contribution in [0.2, 0.25) is 0 Å². The summed E-state index contributed by atoms with van der Waals surface area (Å²) in [6, 6.07) is 9.10. The van der Waals surface area contributed by atoms with Crippen molar-refractivity contribution in [3.63, 3.8) is 0 Å². The zero-order valence-electron chi connectivity index (χ0n) is 15.5. The Labute approximate surface area is 168 Å². The van der Waals surface area contributed by atoms with E-state index in [1.54, 1.807) is 15.8 Å². The minimum atomic E-state index is -0.589. The average Bonchev–Trinajstić information content (AvgIpc) is 3.04. The topological polar surface area (TPSA) is 62.2 Å². The molecule has 1 unspecified atom stereocenters. The summed E-state index contributed by atoms with van der Waals surface area (Å²) in [5.74, 6) is 0.661. The van der Waals surface area contributed by atoms with Gasteiger partial charge in [0.25, 0.3) is 5.91 Å². The van der Waals surface area contributed by atoms with Gasteiger partial charge in [0.05, 0.1) is 6.33 Å². The molecule has 1 amide bonds. The molecular formula is C21H21N5OS. The first-order valence-electron chi connectivity index (χ1n) is 9.10. The van der Waals surface area contributed by atoms with E-state index in [1.807, 2.05) is 67.8 Å². The van der Waals surface area contributed by atoms with E-state index in [-0.39, 0.29) is 5.91 Å². The molecule has 4 rings (SSSR count). The molecule has 1 aromatic carbocycles. The van der Waals surface area contributed by atoms with Crippen molar-refractivity contribution < 1.29 is 4.79 Å². The molecule has 2 heterocycles. The Bertz CT molecular complexity index is 1040. The van der Waals surface area contributed by atoms with Gasteiger partial charge in [0.2, 0.25) is 0 Å². The number of likely N-dealkylation sites (N-methyl/N-ethyl adjacent to an activating group) is 1. The van der Waals surface area contributed by atoms with Crippen molar-refractivity contribution in [3.8, 4) is 0 Å². The molecule has 28 heavy (non-hydrogen) atoms. The third-order valence-corrected chi connectivity index (χ3v) is 5.38. The lowest BCUT2D eigenvalue weighted by atomic mass is 10.0. The van der Waals surface area contributed by atoms with Crippen LogP contribution >= 0.6 is 12.2 Å². The summed E-state index contributed by atoms with van der Waals surface area (Å²) < 4.78 is 2.40. The molecule has 0 bridgehead atoms. The van der Waals surface area contributed by atoms with Gasteiger partial charge in [-0.2, -0.15) is 0 Å². The van der Waals surface area contributed by atoms with E-state index >= 15 is 0 Å². The Kier molecular flexibility index (Phi) is 5.18. The van der Waals surface area contributed by atoms with Crippen LogP contribution < -0.4 is 10.9 Å². The normalized spacial score (nSPS) is 16.0. The maximum atomic E-state index is 13.6. The van der Waals surface area contributed by atoms with Crippen molar-refractivity contribution in [2.75, 3.05) is 12.5 Å². The molecular weight excluding hydrogens is 370 g/mol. The molecule has 1 aromatic heterocycles. The van der Waals surface area contributed by atoms with Crippen molar-refractivity contribution in [3.05, 3.63) is 88.5 Å². The second-order valence-corrected chi connectivity index (χ2v) is 7.04. The summed E-state index contributed by atoms with van der Waals surface area (Å²) in [5.41, 5.74) is 8.73. The highest BCUT2D eigenvalue weighted by atomic mass is 32.1. The minimum absolute atomic E-state index is 0.0575. The van der Waals surface area contributed by atoms with Crippen molar-refractivity contribution >= 4 is 23.9 Å². The maximum absolute atomic E-state index is 13.6. The second kappa shape index (κ2) is 7.92. The number of hydrogen-bond acceptors (Lipinski definition) is 5. The van der Waals surface area contributed by atoms with Gasteiger partial charge in [0.1, 0.15) is 16.5 Å². The lowest BCUT2D eigenvalue weighted by Crippen LogP contribution is -2.35. The molecule has 2 N–H and O–H groups in total. The number of carbonyl (C=O) groups is 1. The van der Waals surface area contributed by atoms with Crippen LogP contribution in [0.15, 0.2) is 72.7 Å². The molecule has 1 aliphatic carbocycles. The average molecular weight is 392 g/mol. The summed E-state index contributed by atoms with van der Waals surface area (Å²) in [5, 5.41) is 0. The number of hydrazine groups is 1. The van der Waals surface area contributed by atoms with Crippen molar-refractivity contribution in [1.82, 2.24) is 19.9 Å². The van der Waals surface area contributed by atoms with Gasteiger partial charge < -0.3 is 14.9 Å². The Hall–Kier alpha value is -3.03. The Morgan fingerprint density at radius 2 is 2.07 bits per heavy atom. The van der Waals surface area contributed by atoms with Crippen LogP contribution in [0.5, 0.6) is 0 Å². The van der Waals surface area contributed by atoms with Crippen LogP contribution in [-0.4, -0.2) is 27.4 Å². The summed E-state index contributed by atoms with van der Waals surface area (Å²) in [4.78, 5) is 19.8. The molecule has 142 valence electrons. The number of allylic oxidation sites excluding steroid dienone is 5. The van der Waals surface area contributed by atoms with Crippen LogP contribution in [0, 0.1) is 4.64 Å². The number of hydrogen-bond donors (Lipinski definition) is 2. The number of aromatic nitrogens is 2. The van der Waals surface area contributed by atoms with Crippen LogP contribution in [-0.2, 0) is 11.3 Å². The summed E-state index contributed by atoms with van der Waals surface area (Å²) in [6.45, 7) is 0.578. The lowest BCUT2D eigenvalue weighted by Gasteiger charge is -2.27. The van der Waals surface area contributed by atoms with Gasteiger partial charge in [-0.25, -0.2) is 10.4 Å². The van der Waals surface area contributed by atoms with Crippen LogP contribution in [0.4, 0.5) is 5.82 Å². The first-order chi connectivity index (χ1) is 13.7. The van der Waals surface area contributed by atoms with E-state index < -0.39 is 6.04 Å². The fraction of sp³-hybridized carbons (Fsp3) is 0.190. The molecule has 0 saturated carbocycles. The smallest absolute Gasteiger partial charge is 0.254 e. The third kappa shape index (κ3) is 3.42. The predicted molar refractivity (Wildman–Crippen MR) is 112 cm³/mol. The molecule has 7 heteroatoms. The molecule has 2 aliphatic rings. The van der Waals surface area contributed by atoms with Crippen LogP contribution in [0.25, 0.3) is 0 Å². The van der Waals surface area contributed by atoms with Gasteiger partial charge >= 0.3 is 0 Å². The standard InChI is InChI=1S/C21H21N5OS/c1-25(16-11-7-2-3-8-12-16)20(27)18(15-9-5-4-6-10-15)26-14-22-19-17(21(26)28)13-23-24-19/h2-11,14,18,23-24H,12-13H2,1H3. The summed E-state index contributed by atoms with van der Waals surface area (Å²) >= 11 is 5.71. The largest absolute Gasteiger partial charge is 0.317 e. The predicted octanol–water partition coefficient (Wildman–Crippen LogP) is 3.49. The van der Waals surface area contributed by atoms with Gasteiger partial charge in [-0.05, 0) is 11.6 Å². The van der Waals surface area contributed by atoms with Crippen LogP contribution in [0.3, 0.4) is 0 Å². The quantitative estimate of drug-likeness (QED) is 0.782. The van der Waals surface area contributed by atoms with Crippen molar-refractivity contribution in [2.45, 2.75) is 19.0 Å². The summed E-state index contributed by atoms with van der Waals surface area (Å²) in [6.07, 6.45) is 12.2. The van der Waals surface area contributed by atoms with E-state index in [0.29, 0.717) is 17.6 Å². The molecule has 1 atom stereocenters. The number of amides is 1. The van der Waals surface area contributed by atoms with Crippen LogP contribution in [0.1, 0.15) is 23.6 Å². The Morgan fingerprint density at radius 3 is 2.89 bits per heavy atom. The highest BCUT2D eigenvalue weighted by Gasteiger charge is 2.29. The maximum Gasteiger partial charge on any atom is 0.254 e.